The number of nitrogens with one attached hydrogen (secondary N) is 1. The Morgan fingerprint density at radius 2 is 2.17 bits per heavy atom. The zero-order chi connectivity index (χ0) is 13.2. The highest BCUT2D eigenvalue weighted by atomic mass is 79.9. The molecule has 0 bridgehead atoms. The lowest BCUT2D eigenvalue weighted by atomic mass is 9.79. The highest BCUT2D eigenvalue weighted by Crippen LogP contribution is 2.47. The molecule has 0 aliphatic heterocycles. The van der Waals surface area contributed by atoms with E-state index in [4.69, 9.17) is 11.6 Å². The van der Waals surface area contributed by atoms with Crippen LogP contribution in [0.15, 0.2) is 22.7 Å². The topological polar surface area (TPSA) is 12.0 Å². The van der Waals surface area contributed by atoms with Crippen molar-refractivity contribution in [2.75, 3.05) is 13.1 Å². The Hall–Kier alpha value is -0.0500. The van der Waals surface area contributed by atoms with Crippen molar-refractivity contribution in [3.8, 4) is 0 Å². The molecular formula is C15H21BrClN. The molecule has 1 aliphatic rings. The average molecular weight is 331 g/mol. The molecule has 0 aromatic heterocycles. The summed E-state index contributed by atoms with van der Waals surface area (Å²) in [6.07, 6.45) is 3.81. The second kappa shape index (κ2) is 5.94. The molecular weight excluding hydrogens is 310 g/mol. The van der Waals surface area contributed by atoms with Gasteiger partial charge in [-0.1, -0.05) is 47.4 Å². The molecule has 1 nitrogen and oxygen atoms in total. The second-order valence-corrected chi connectivity index (χ2v) is 6.94. The quantitative estimate of drug-likeness (QED) is 0.799. The summed E-state index contributed by atoms with van der Waals surface area (Å²) in [6, 6.07) is 6.23. The van der Waals surface area contributed by atoms with E-state index in [-0.39, 0.29) is 0 Å². The lowest BCUT2D eigenvalue weighted by molar-refractivity contribution is 0.258. The zero-order valence-corrected chi connectivity index (χ0v) is 13.4. The van der Waals surface area contributed by atoms with Crippen molar-refractivity contribution in [2.45, 2.75) is 33.1 Å². The Labute approximate surface area is 123 Å². The molecule has 1 saturated carbocycles. The van der Waals surface area contributed by atoms with Gasteiger partial charge in [-0.25, -0.2) is 0 Å². The fourth-order valence-electron chi connectivity index (χ4n) is 2.64. The van der Waals surface area contributed by atoms with Gasteiger partial charge in [0, 0.05) is 16.0 Å². The van der Waals surface area contributed by atoms with E-state index in [9.17, 15) is 0 Å². The van der Waals surface area contributed by atoms with E-state index in [0.29, 0.717) is 5.41 Å². The summed E-state index contributed by atoms with van der Waals surface area (Å²) in [5.74, 6) is 0.858. The first-order valence-electron chi connectivity index (χ1n) is 6.70. The van der Waals surface area contributed by atoms with Crippen molar-refractivity contribution in [1.29, 1.82) is 0 Å². The summed E-state index contributed by atoms with van der Waals surface area (Å²) in [7, 11) is 0. The van der Waals surface area contributed by atoms with Crippen LogP contribution in [0.4, 0.5) is 0 Å². The van der Waals surface area contributed by atoms with Crippen LogP contribution < -0.4 is 5.32 Å². The molecule has 0 heterocycles. The van der Waals surface area contributed by atoms with E-state index in [1.54, 1.807) is 0 Å². The average Bonchev–Trinajstić information content (AvgIpc) is 3.15. The Morgan fingerprint density at radius 3 is 2.72 bits per heavy atom. The molecule has 0 saturated heterocycles. The van der Waals surface area contributed by atoms with Gasteiger partial charge in [-0.3, -0.25) is 0 Å². The molecule has 1 aromatic carbocycles. The number of benzene rings is 1. The molecule has 1 N–H and O–H groups in total. The zero-order valence-electron chi connectivity index (χ0n) is 11.1. The minimum atomic E-state index is 0.341. The van der Waals surface area contributed by atoms with Gasteiger partial charge in [0.25, 0.3) is 0 Å². The maximum atomic E-state index is 6.34. The van der Waals surface area contributed by atoms with E-state index in [0.717, 1.165) is 34.9 Å². The molecule has 0 spiro atoms. The van der Waals surface area contributed by atoms with Gasteiger partial charge in [0.1, 0.15) is 0 Å². The van der Waals surface area contributed by atoms with Gasteiger partial charge in [-0.05, 0) is 54.8 Å². The van der Waals surface area contributed by atoms with Gasteiger partial charge in [0.2, 0.25) is 0 Å². The first kappa shape index (κ1) is 14.4. The van der Waals surface area contributed by atoms with Crippen molar-refractivity contribution >= 4 is 27.5 Å². The number of hydrogen-bond acceptors (Lipinski definition) is 1. The van der Waals surface area contributed by atoms with Crippen molar-refractivity contribution < 1.29 is 0 Å². The summed E-state index contributed by atoms with van der Waals surface area (Å²) in [4.78, 5) is 0. The standard InChI is InChI=1S/C15H21BrClN/c1-3-18-10-15(2,12-5-6-12)9-11-4-7-13(16)8-14(11)17/h4,7-8,12,18H,3,5-6,9-10H2,1-2H3. The van der Waals surface area contributed by atoms with Gasteiger partial charge in [0.15, 0.2) is 0 Å². The number of hydrogen-bond donors (Lipinski definition) is 1. The minimum absolute atomic E-state index is 0.341. The SMILES string of the molecule is CCNCC(C)(Cc1ccc(Br)cc1Cl)C1CC1. The highest BCUT2D eigenvalue weighted by molar-refractivity contribution is 9.10. The van der Waals surface area contributed by atoms with Gasteiger partial charge >= 0.3 is 0 Å². The van der Waals surface area contributed by atoms with Crippen molar-refractivity contribution in [2.24, 2.45) is 11.3 Å². The lowest BCUT2D eigenvalue weighted by Crippen LogP contribution is -2.35. The summed E-state index contributed by atoms with van der Waals surface area (Å²) < 4.78 is 1.05. The first-order valence-corrected chi connectivity index (χ1v) is 7.87. The number of rotatable bonds is 6. The minimum Gasteiger partial charge on any atom is -0.316 e. The van der Waals surface area contributed by atoms with Crippen LogP contribution in [-0.2, 0) is 6.42 Å². The third-order valence-corrected chi connectivity index (χ3v) is 4.80. The van der Waals surface area contributed by atoms with Crippen LogP contribution >= 0.6 is 27.5 Å². The first-order chi connectivity index (χ1) is 8.55. The highest BCUT2D eigenvalue weighted by Gasteiger charge is 2.41. The Morgan fingerprint density at radius 1 is 1.44 bits per heavy atom. The predicted molar refractivity (Wildman–Crippen MR) is 82.2 cm³/mol. The number of halogens is 2. The maximum absolute atomic E-state index is 6.34. The van der Waals surface area contributed by atoms with Crippen LogP contribution in [0.5, 0.6) is 0 Å². The van der Waals surface area contributed by atoms with Gasteiger partial charge in [0.05, 0.1) is 0 Å². The second-order valence-electron chi connectivity index (χ2n) is 5.62. The van der Waals surface area contributed by atoms with E-state index in [2.05, 4.69) is 47.2 Å². The predicted octanol–water partition coefficient (Wildman–Crippen LogP) is 4.67. The molecule has 0 amide bonds. The van der Waals surface area contributed by atoms with E-state index in [1.165, 1.54) is 18.4 Å². The van der Waals surface area contributed by atoms with Crippen molar-refractivity contribution in [3.63, 3.8) is 0 Å². The monoisotopic (exact) mass is 329 g/mol. The maximum Gasteiger partial charge on any atom is 0.0449 e. The summed E-state index contributed by atoms with van der Waals surface area (Å²) in [6.45, 7) is 6.68. The van der Waals surface area contributed by atoms with Crippen LogP contribution in [-0.4, -0.2) is 13.1 Å². The fraction of sp³-hybridized carbons (Fsp3) is 0.600. The van der Waals surface area contributed by atoms with Gasteiger partial charge in [-0.2, -0.15) is 0 Å². The Balaban J connectivity index is 2.12. The summed E-state index contributed by atoms with van der Waals surface area (Å²) in [5.41, 5.74) is 1.61. The fourth-order valence-corrected chi connectivity index (χ4v) is 3.38. The largest absolute Gasteiger partial charge is 0.316 e. The van der Waals surface area contributed by atoms with Gasteiger partial charge in [-0.15, -0.1) is 0 Å². The van der Waals surface area contributed by atoms with Crippen LogP contribution in [0.25, 0.3) is 0 Å². The molecule has 1 aromatic rings. The Bertz CT molecular complexity index is 417. The molecule has 1 fully saturated rings. The summed E-state index contributed by atoms with van der Waals surface area (Å²) >= 11 is 9.81. The smallest absolute Gasteiger partial charge is 0.0449 e. The van der Waals surface area contributed by atoms with E-state index in [1.807, 2.05) is 6.07 Å². The van der Waals surface area contributed by atoms with E-state index < -0.39 is 0 Å². The van der Waals surface area contributed by atoms with Crippen LogP contribution in [0.3, 0.4) is 0 Å². The molecule has 3 heteroatoms. The Kier molecular flexibility index (Phi) is 4.74. The molecule has 1 atom stereocenters. The molecule has 1 aliphatic carbocycles. The normalized spacial score (nSPS) is 18.7. The van der Waals surface area contributed by atoms with Crippen LogP contribution in [0.2, 0.25) is 5.02 Å². The molecule has 0 radical (unpaired) electrons. The third kappa shape index (κ3) is 3.49. The van der Waals surface area contributed by atoms with E-state index >= 15 is 0 Å². The lowest BCUT2D eigenvalue weighted by Gasteiger charge is -2.30. The molecule has 1 unspecified atom stereocenters. The van der Waals surface area contributed by atoms with Crippen molar-refractivity contribution in [1.82, 2.24) is 5.32 Å². The molecule has 18 heavy (non-hydrogen) atoms. The molecule has 100 valence electrons. The van der Waals surface area contributed by atoms with Crippen LogP contribution in [0, 0.1) is 11.3 Å². The third-order valence-electron chi connectivity index (χ3n) is 3.95. The van der Waals surface area contributed by atoms with Crippen LogP contribution in [0.1, 0.15) is 32.3 Å². The summed E-state index contributed by atoms with van der Waals surface area (Å²) in [5, 5.41) is 4.39. The molecule has 2 rings (SSSR count). The van der Waals surface area contributed by atoms with Gasteiger partial charge < -0.3 is 5.32 Å². The van der Waals surface area contributed by atoms with Crippen molar-refractivity contribution in [3.05, 3.63) is 33.3 Å².